The first-order valence-electron chi connectivity index (χ1n) is 6.54. The average Bonchev–Trinajstić information content (AvgIpc) is 2.41. The minimum atomic E-state index is -0.518. The van der Waals surface area contributed by atoms with Crippen molar-refractivity contribution in [3.8, 4) is 0 Å². The summed E-state index contributed by atoms with van der Waals surface area (Å²) < 4.78 is 0. The summed E-state index contributed by atoms with van der Waals surface area (Å²) >= 11 is 4.90. The number of β-amino-alcohol motifs (C(OH)–C–C–N with tert-alkyl or cyclic N) is 1. The lowest BCUT2D eigenvalue weighted by Gasteiger charge is -2.31. The minimum Gasteiger partial charge on any atom is -0.393 e. The third-order valence-electron chi connectivity index (χ3n) is 3.57. The maximum Gasteiger partial charge on any atom is 0.103 e. The number of nitrogens with two attached hydrogens (primary N) is 1. The topological polar surface area (TPSA) is 69.7 Å². The Kier molecular flexibility index (Phi) is 4.87. The number of benzene rings is 1. The zero-order chi connectivity index (χ0) is 13.8. The maximum absolute atomic E-state index is 10.2. The molecule has 0 radical (unpaired) electrons. The van der Waals surface area contributed by atoms with Gasteiger partial charge in [0.25, 0.3) is 0 Å². The SMILES string of the molecule is NC(=S)c1ccc(C(O)CN2CCC(O)CC2)cc1. The number of likely N-dealkylation sites (tertiary alicyclic amines) is 1. The number of aliphatic hydroxyl groups is 2. The van der Waals surface area contributed by atoms with Crippen LogP contribution in [0.25, 0.3) is 0 Å². The Hall–Kier alpha value is -1.01. The number of piperidine rings is 1. The normalized spacial score (nSPS) is 19.3. The molecule has 1 aromatic rings. The molecule has 0 amide bonds. The second-order valence-electron chi connectivity index (χ2n) is 5.03. The van der Waals surface area contributed by atoms with Crippen LogP contribution in [0.2, 0.25) is 0 Å². The van der Waals surface area contributed by atoms with Crippen LogP contribution in [0.15, 0.2) is 24.3 Å². The standard InChI is InChI=1S/C14H20N2O2S/c15-14(19)11-3-1-10(2-4-11)13(18)9-16-7-5-12(17)6-8-16/h1-4,12-13,17-18H,5-9H2,(H2,15,19). The van der Waals surface area contributed by atoms with Crippen molar-refractivity contribution >= 4 is 17.2 Å². The van der Waals surface area contributed by atoms with Crippen molar-refractivity contribution < 1.29 is 10.2 Å². The van der Waals surface area contributed by atoms with Crippen LogP contribution in [0.4, 0.5) is 0 Å². The monoisotopic (exact) mass is 280 g/mol. The lowest BCUT2D eigenvalue weighted by Crippen LogP contribution is -2.38. The first kappa shape index (κ1) is 14.4. The fourth-order valence-electron chi connectivity index (χ4n) is 2.32. The number of hydrogen-bond donors (Lipinski definition) is 3. The van der Waals surface area contributed by atoms with Crippen molar-refractivity contribution in [2.24, 2.45) is 5.73 Å². The summed E-state index contributed by atoms with van der Waals surface area (Å²) in [6.07, 6.45) is 0.870. The molecule has 1 aliphatic heterocycles. The molecule has 4 nitrogen and oxygen atoms in total. The van der Waals surface area contributed by atoms with Gasteiger partial charge in [0.05, 0.1) is 12.2 Å². The molecule has 1 aliphatic rings. The molecule has 1 unspecified atom stereocenters. The highest BCUT2D eigenvalue weighted by Crippen LogP contribution is 2.18. The molecule has 0 spiro atoms. The van der Waals surface area contributed by atoms with E-state index in [0.29, 0.717) is 11.5 Å². The molecular formula is C14H20N2O2S. The van der Waals surface area contributed by atoms with Gasteiger partial charge in [-0.1, -0.05) is 36.5 Å². The second-order valence-corrected chi connectivity index (χ2v) is 5.47. The van der Waals surface area contributed by atoms with Crippen molar-refractivity contribution in [2.45, 2.75) is 25.0 Å². The predicted molar refractivity (Wildman–Crippen MR) is 79.0 cm³/mol. The van der Waals surface area contributed by atoms with Crippen LogP contribution in [0.1, 0.15) is 30.1 Å². The molecule has 19 heavy (non-hydrogen) atoms. The Bertz CT molecular complexity index is 428. The Labute approximate surface area is 118 Å². The molecular weight excluding hydrogens is 260 g/mol. The number of aliphatic hydroxyl groups excluding tert-OH is 2. The summed E-state index contributed by atoms with van der Waals surface area (Å²) in [6.45, 7) is 2.27. The van der Waals surface area contributed by atoms with Gasteiger partial charge < -0.3 is 20.8 Å². The van der Waals surface area contributed by atoms with E-state index in [2.05, 4.69) is 4.90 Å². The van der Waals surface area contributed by atoms with Crippen molar-refractivity contribution in [2.75, 3.05) is 19.6 Å². The van der Waals surface area contributed by atoms with Gasteiger partial charge in [0.15, 0.2) is 0 Å². The van der Waals surface area contributed by atoms with Crippen molar-refractivity contribution in [1.82, 2.24) is 4.90 Å². The van der Waals surface area contributed by atoms with Crippen LogP contribution < -0.4 is 5.73 Å². The van der Waals surface area contributed by atoms with Crippen LogP contribution >= 0.6 is 12.2 Å². The molecule has 0 aliphatic carbocycles. The largest absolute Gasteiger partial charge is 0.393 e. The first-order valence-corrected chi connectivity index (χ1v) is 6.95. The highest BCUT2D eigenvalue weighted by Gasteiger charge is 2.19. The zero-order valence-electron chi connectivity index (χ0n) is 10.8. The first-order chi connectivity index (χ1) is 9.06. The Morgan fingerprint density at radius 1 is 1.32 bits per heavy atom. The highest BCUT2D eigenvalue weighted by molar-refractivity contribution is 7.80. The maximum atomic E-state index is 10.2. The van der Waals surface area contributed by atoms with Gasteiger partial charge in [0.1, 0.15) is 4.99 Å². The molecule has 1 aromatic carbocycles. The molecule has 0 aromatic heterocycles. The smallest absolute Gasteiger partial charge is 0.103 e. The number of hydrogen-bond acceptors (Lipinski definition) is 4. The summed E-state index contributed by atoms with van der Waals surface area (Å²) in [5, 5.41) is 19.6. The average molecular weight is 280 g/mol. The summed E-state index contributed by atoms with van der Waals surface area (Å²) in [6, 6.07) is 7.39. The second kappa shape index (κ2) is 6.43. The van der Waals surface area contributed by atoms with Gasteiger partial charge in [-0.05, 0) is 18.4 Å². The third-order valence-corrected chi connectivity index (χ3v) is 3.80. The lowest BCUT2D eigenvalue weighted by atomic mass is 10.0. The van der Waals surface area contributed by atoms with Crippen LogP contribution in [-0.4, -0.2) is 45.8 Å². The molecule has 1 saturated heterocycles. The van der Waals surface area contributed by atoms with Gasteiger partial charge in [-0.15, -0.1) is 0 Å². The van der Waals surface area contributed by atoms with E-state index in [4.69, 9.17) is 18.0 Å². The highest BCUT2D eigenvalue weighted by atomic mass is 32.1. The molecule has 2 rings (SSSR count). The molecule has 1 fully saturated rings. The fraction of sp³-hybridized carbons (Fsp3) is 0.500. The van der Waals surface area contributed by atoms with Crippen molar-refractivity contribution in [3.63, 3.8) is 0 Å². The summed E-state index contributed by atoms with van der Waals surface area (Å²) in [5.74, 6) is 0. The van der Waals surface area contributed by atoms with E-state index < -0.39 is 6.10 Å². The quantitative estimate of drug-likeness (QED) is 0.712. The van der Waals surface area contributed by atoms with Crippen molar-refractivity contribution in [1.29, 1.82) is 0 Å². The van der Waals surface area contributed by atoms with Gasteiger partial charge in [-0.25, -0.2) is 0 Å². The molecule has 5 heteroatoms. The predicted octanol–water partition coefficient (Wildman–Crippen LogP) is 0.811. The lowest BCUT2D eigenvalue weighted by molar-refractivity contribution is 0.0508. The van der Waals surface area contributed by atoms with E-state index in [0.717, 1.165) is 37.1 Å². The van der Waals surface area contributed by atoms with E-state index in [1.165, 1.54) is 0 Å². The molecule has 104 valence electrons. The van der Waals surface area contributed by atoms with E-state index >= 15 is 0 Å². The van der Waals surface area contributed by atoms with Crippen molar-refractivity contribution in [3.05, 3.63) is 35.4 Å². The van der Waals surface area contributed by atoms with Crippen LogP contribution in [0, 0.1) is 0 Å². The summed E-state index contributed by atoms with van der Waals surface area (Å²) in [5.41, 5.74) is 7.22. The van der Waals surface area contributed by atoms with E-state index in [1.54, 1.807) is 0 Å². The summed E-state index contributed by atoms with van der Waals surface area (Å²) in [4.78, 5) is 2.55. The minimum absolute atomic E-state index is 0.182. The summed E-state index contributed by atoms with van der Waals surface area (Å²) in [7, 11) is 0. The van der Waals surface area contributed by atoms with E-state index in [9.17, 15) is 10.2 Å². The van der Waals surface area contributed by atoms with Gasteiger partial charge in [0.2, 0.25) is 0 Å². The Morgan fingerprint density at radius 2 is 1.89 bits per heavy atom. The zero-order valence-corrected chi connectivity index (χ0v) is 11.6. The third kappa shape index (κ3) is 3.98. The molecule has 4 N–H and O–H groups in total. The van der Waals surface area contributed by atoms with E-state index in [-0.39, 0.29) is 6.10 Å². The number of nitrogens with zero attached hydrogens (tertiary/aromatic N) is 1. The molecule has 1 atom stereocenters. The Balaban J connectivity index is 1.92. The molecule has 1 heterocycles. The van der Waals surface area contributed by atoms with Gasteiger partial charge in [-0.2, -0.15) is 0 Å². The van der Waals surface area contributed by atoms with Crippen LogP contribution in [-0.2, 0) is 0 Å². The van der Waals surface area contributed by atoms with Gasteiger partial charge >= 0.3 is 0 Å². The fourth-order valence-corrected chi connectivity index (χ4v) is 2.46. The molecule has 0 saturated carbocycles. The van der Waals surface area contributed by atoms with Gasteiger partial charge in [0, 0.05) is 25.2 Å². The number of thiocarbonyl (C=S) groups is 1. The Morgan fingerprint density at radius 3 is 2.42 bits per heavy atom. The van der Waals surface area contributed by atoms with Gasteiger partial charge in [-0.3, -0.25) is 0 Å². The number of rotatable bonds is 4. The van der Waals surface area contributed by atoms with Crippen LogP contribution in [0.3, 0.4) is 0 Å². The van der Waals surface area contributed by atoms with Crippen LogP contribution in [0.5, 0.6) is 0 Å². The molecule has 0 bridgehead atoms. The van der Waals surface area contributed by atoms with E-state index in [1.807, 2.05) is 24.3 Å².